The maximum atomic E-state index is 12.0. The Morgan fingerprint density at radius 2 is 2.00 bits per heavy atom. The molecule has 6 heteroatoms. The molecule has 0 saturated heterocycles. The van der Waals surface area contributed by atoms with Gasteiger partial charge < -0.3 is 15.4 Å². The molecule has 0 aliphatic rings. The van der Waals surface area contributed by atoms with Crippen LogP contribution in [0.1, 0.15) is 54.5 Å². The van der Waals surface area contributed by atoms with Gasteiger partial charge in [-0.2, -0.15) is 0 Å². The van der Waals surface area contributed by atoms with Crippen LogP contribution in [-0.2, 0) is 4.79 Å². The van der Waals surface area contributed by atoms with E-state index in [0.717, 1.165) is 6.42 Å². The summed E-state index contributed by atoms with van der Waals surface area (Å²) in [7, 11) is 0. The predicted octanol–water partition coefficient (Wildman–Crippen LogP) is 2.08. The van der Waals surface area contributed by atoms with E-state index < -0.39 is 5.97 Å². The van der Waals surface area contributed by atoms with Crippen LogP contribution < -0.4 is 5.32 Å². The van der Waals surface area contributed by atoms with Gasteiger partial charge in [0.15, 0.2) is 5.78 Å². The number of hydrogen-bond acceptors (Lipinski definition) is 3. The first-order valence-corrected chi connectivity index (χ1v) is 6.99. The minimum absolute atomic E-state index is 0.0296. The molecule has 3 N–H and O–H groups in total. The van der Waals surface area contributed by atoms with E-state index in [2.05, 4.69) is 10.3 Å². The van der Waals surface area contributed by atoms with Crippen molar-refractivity contribution in [2.24, 2.45) is 11.8 Å². The van der Waals surface area contributed by atoms with Crippen LogP contribution in [0.5, 0.6) is 0 Å². The molecule has 1 heterocycles. The van der Waals surface area contributed by atoms with Crippen LogP contribution in [0.3, 0.4) is 0 Å². The fourth-order valence-corrected chi connectivity index (χ4v) is 2.21. The van der Waals surface area contributed by atoms with Gasteiger partial charge in [0.1, 0.15) is 5.69 Å². The number of carbonyl (C=O) groups excluding carboxylic acids is 2. The molecular weight excluding hydrogens is 272 g/mol. The second-order valence-corrected chi connectivity index (χ2v) is 5.66. The molecule has 0 aliphatic carbocycles. The van der Waals surface area contributed by atoms with Crippen molar-refractivity contribution < 1.29 is 19.5 Å². The summed E-state index contributed by atoms with van der Waals surface area (Å²) in [5, 5.41) is 11.6. The minimum Gasteiger partial charge on any atom is -0.481 e. The zero-order valence-corrected chi connectivity index (χ0v) is 12.6. The Morgan fingerprint density at radius 1 is 1.33 bits per heavy atom. The first-order chi connectivity index (χ1) is 9.79. The smallest absolute Gasteiger partial charge is 0.303 e. The Labute approximate surface area is 123 Å². The van der Waals surface area contributed by atoms with Crippen molar-refractivity contribution in [3.63, 3.8) is 0 Å². The Kier molecular flexibility index (Phi) is 6.14. The third kappa shape index (κ3) is 5.81. The van der Waals surface area contributed by atoms with E-state index in [1.165, 1.54) is 19.2 Å². The molecule has 116 valence electrons. The zero-order chi connectivity index (χ0) is 16.0. The number of aromatic amines is 1. The Morgan fingerprint density at radius 3 is 2.48 bits per heavy atom. The van der Waals surface area contributed by atoms with Crippen molar-refractivity contribution in [1.82, 2.24) is 10.3 Å². The highest BCUT2D eigenvalue weighted by Gasteiger charge is 2.17. The summed E-state index contributed by atoms with van der Waals surface area (Å²) < 4.78 is 0. The third-order valence-corrected chi connectivity index (χ3v) is 3.15. The highest BCUT2D eigenvalue weighted by Crippen LogP contribution is 2.15. The maximum absolute atomic E-state index is 12.0. The summed E-state index contributed by atoms with van der Waals surface area (Å²) >= 11 is 0. The van der Waals surface area contributed by atoms with E-state index in [0.29, 0.717) is 23.7 Å². The van der Waals surface area contributed by atoms with Gasteiger partial charge in [-0.05, 0) is 31.2 Å². The van der Waals surface area contributed by atoms with Gasteiger partial charge in [-0.25, -0.2) is 0 Å². The maximum Gasteiger partial charge on any atom is 0.303 e. The van der Waals surface area contributed by atoms with E-state index >= 15 is 0 Å². The molecule has 1 atom stereocenters. The van der Waals surface area contributed by atoms with E-state index in [1.54, 1.807) is 0 Å². The van der Waals surface area contributed by atoms with Gasteiger partial charge in [0, 0.05) is 24.7 Å². The number of H-pyrrole nitrogens is 1. The molecule has 0 fully saturated rings. The van der Waals surface area contributed by atoms with Gasteiger partial charge in [-0.15, -0.1) is 0 Å². The fraction of sp³-hybridized carbons (Fsp3) is 0.533. The molecule has 21 heavy (non-hydrogen) atoms. The van der Waals surface area contributed by atoms with Gasteiger partial charge in [0.05, 0.1) is 0 Å². The average Bonchev–Trinajstić information content (AvgIpc) is 2.83. The molecule has 0 radical (unpaired) electrons. The largest absolute Gasteiger partial charge is 0.481 e. The van der Waals surface area contributed by atoms with E-state index in [-0.39, 0.29) is 24.0 Å². The van der Waals surface area contributed by atoms with Crippen LogP contribution in [0, 0.1) is 11.8 Å². The number of Topliss-reactive ketones (excluding diaryl/α,β-unsaturated/α-hetero) is 1. The number of carboxylic acid groups (broad SMARTS) is 1. The molecule has 0 aromatic carbocycles. The quantitative estimate of drug-likeness (QED) is 0.639. The Balaban J connectivity index is 2.59. The lowest BCUT2D eigenvalue weighted by atomic mass is 9.94. The van der Waals surface area contributed by atoms with Crippen molar-refractivity contribution in [3.8, 4) is 0 Å². The lowest BCUT2D eigenvalue weighted by Gasteiger charge is -2.17. The summed E-state index contributed by atoms with van der Waals surface area (Å²) in [6, 6.07) is 1.49. The molecule has 1 amide bonds. The summed E-state index contributed by atoms with van der Waals surface area (Å²) in [4.78, 5) is 36.7. The van der Waals surface area contributed by atoms with Crippen LogP contribution >= 0.6 is 0 Å². The van der Waals surface area contributed by atoms with Gasteiger partial charge in [0.2, 0.25) is 0 Å². The zero-order valence-electron chi connectivity index (χ0n) is 12.6. The first-order valence-electron chi connectivity index (χ1n) is 6.99. The first kappa shape index (κ1) is 16.9. The van der Waals surface area contributed by atoms with E-state index in [1.807, 2.05) is 13.8 Å². The van der Waals surface area contributed by atoms with Crippen LogP contribution in [0.4, 0.5) is 0 Å². The second-order valence-electron chi connectivity index (χ2n) is 5.66. The number of rotatable bonds is 8. The topological polar surface area (TPSA) is 99.3 Å². The standard InChI is InChI=1S/C15H22N2O4/c1-9(2)4-11(5-14(19)20)7-17-15(21)13-6-12(8-16-13)10(3)18/h6,8-9,11,16H,4-5,7H2,1-3H3,(H,17,21)(H,19,20)/t11-/m0/s1. The van der Waals surface area contributed by atoms with Crippen LogP contribution in [0.15, 0.2) is 12.3 Å². The van der Waals surface area contributed by atoms with Crippen LogP contribution in [0.25, 0.3) is 0 Å². The molecule has 1 aromatic heterocycles. The molecule has 1 rings (SSSR count). The predicted molar refractivity (Wildman–Crippen MR) is 78.3 cm³/mol. The molecule has 1 aromatic rings. The van der Waals surface area contributed by atoms with Crippen molar-refractivity contribution in [3.05, 3.63) is 23.5 Å². The summed E-state index contributed by atoms with van der Waals surface area (Å²) in [6.07, 6.45) is 2.25. The third-order valence-electron chi connectivity index (χ3n) is 3.15. The Hall–Kier alpha value is -2.11. The van der Waals surface area contributed by atoms with Gasteiger partial charge >= 0.3 is 5.97 Å². The van der Waals surface area contributed by atoms with Crippen molar-refractivity contribution in [2.45, 2.75) is 33.6 Å². The van der Waals surface area contributed by atoms with E-state index in [9.17, 15) is 14.4 Å². The molecule has 0 spiro atoms. The number of ketones is 1. The number of hydrogen-bond donors (Lipinski definition) is 3. The average molecular weight is 294 g/mol. The summed E-state index contributed by atoms with van der Waals surface area (Å²) in [6.45, 7) is 5.76. The number of nitrogens with one attached hydrogen (secondary N) is 2. The van der Waals surface area contributed by atoms with Crippen LogP contribution in [-0.4, -0.2) is 34.3 Å². The van der Waals surface area contributed by atoms with E-state index in [4.69, 9.17) is 5.11 Å². The molecule has 0 aliphatic heterocycles. The van der Waals surface area contributed by atoms with Crippen molar-refractivity contribution >= 4 is 17.7 Å². The van der Waals surface area contributed by atoms with Crippen molar-refractivity contribution in [1.29, 1.82) is 0 Å². The molecule has 0 unspecified atom stereocenters. The van der Waals surface area contributed by atoms with Crippen LogP contribution in [0.2, 0.25) is 0 Å². The van der Waals surface area contributed by atoms with Crippen molar-refractivity contribution in [2.75, 3.05) is 6.54 Å². The Bertz CT molecular complexity index is 519. The van der Waals surface area contributed by atoms with Gasteiger partial charge in [-0.1, -0.05) is 13.8 Å². The highest BCUT2D eigenvalue weighted by molar-refractivity contribution is 5.99. The number of amides is 1. The molecule has 0 bridgehead atoms. The number of carbonyl (C=O) groups is 3. The lowest BCUT2D eigenvalue weighted by molar-refractivity contribution is -0.138. The SMILES string of the molecule is CC(=O)c1c[nH]c(C(=O)NC[C@H](CC(=O)O)CC(C)C)c1. The lowest BCUT2D eigenvalue weighted by Crippen LogP contribution is -2.31. The second kappa shape index (κ2) is 7.61. The number of aliphatic carboxylic acids is 1. The van der Waals surface area contributed by atoms with Gasteiger partial charge in [-0.3, -0.25) is 14.4 Å². The number of carboxylic acids is 1. The molecular formula is C15H22N2O4. The number of aromatic nitrogens is 1. The minimum atomic E-state index is -0.867. The van der Waals surface area contributed by atoms with Gasteiger partial charge in [0.25, 0.3) is 5.91 Å². The fourth-order valence-electron chi connectivity index (χ4n) is 2.21. The molecule has 6 nitrogen and oxygen atoms in total. The monoisotopic (exact) mass is 294 g/mol. The summed E-state index contributed by atoms with van der Waals surface area (Å²) in [5.41, 5.74) is 0.753. The summed E-state index contributed by atoms with van der Waals surface area (Å²) in [5.74, 6) is -1.06. The highest BCUT2D eigenvalue weighted by atomic mass is 16.4. The molecule has 0 saturated carbocycles. The normalized spacial score (nSPS) is 12.2.